The number of esters is 1. The third-order valence-corrected chi connectivity index (χ3v) is 8.47. The summed E-state index contributed by atoms with van der Waals surface area (Å²) in [7, 11) is 0. The van der Waals surface area contributed by atoms with Crippen LogP contribution in [0.5, 0.6) is 0 Å². The fourth-order valence-corrected chi connectivity index (χ4v) is 6.81. The molecule has 3 rings (SSSR count). The van der Waals surface area contributed by atoms with Gasteiger partial charge in [0.25, 0.3) is 0 Å². The second-order valence-electron chi connectivity index (χ2n) is 8.58. The molecule has 0 saturated heterocycles. The van der Waals surface area contributed by atoms with Gasteiger partial charge in [-0.1, -0.05) is 51.1 Å². The monoisotopic (exact) mass is 376 g/mol. The number of fused-ring (bicyclic) bond motifs is 2. The molecule has 1 N–H and O–H groups in total. The lowest BCUT2D eigenvalue weighted by Gasteiger charge is -2.40. The predicted octanol–water partition coefficient (Wildman–Crippen LogP) is 4.68. The summed E-state index contributed by atoms with van der Waals surface area (Å²) in [6, 6.07) is 9.82. The number of aliphatic hydroxyl groups excluding tert-OH is 1. The van der Waals surface area contributed by atoms with Crippen molar-refractivity contribution < 1.29 is 14.6 Å². The average Bonchev–Trinajstić information content (AvgIpc) is 2.99. The van der Waals surface area contributed by atoms with E-state index in [4.69, 9.17) is 4.74 Å². The molecular formula is C22H32O3S. The number of ether oxygens (including phenoxy) is 1. The van der Waals surface area contributed by atoms with E-state index in [0.717, 1.165) is 36.3 Å². The molecule has 1 aromatic carbocycles. The van der Waals surface area contributed by atoms with Crippen LogP contribution in [0.1, 0.15) is 52.0 Å². The van der Waals surface area contributed by atoms with Gasteiger partial charge in [0, 0.05) is 16.9 Å². The van der Waals surface area contributed by atoms with Gasteiger partial charge in [-0.05, 0) is 42.6 Å². The maximum absolute atomic E-state index is 12.4. The van der Waals surface area contributed by atoms with Crippen molar-refractivity contribution in [3.63, 3.8) is 0 Å². The SMILES string of the molecule is CC[C@@H](CSC[C@]12CC[C@H](C[C@H]1O)C2(C)C)C(=O)OCc1ccccc1. The molecule has 0 spiro atoms. The summed E-state index contributed by atoms with van der Waals surface area (Å²) in [4.78, 5) is 12.4. The van der Waals surface area contributed by atoms with Crippen LogP contribution >= 0.6 is 11.8 Å². The number of hydrogen-bond acceptors (Lipinski definition) is 4. The highest BCUT2D eigenvalue weighted by molar-refractivity contribution is 7.99. The molecule has 0 amide bonds. The van der Waals surface area contributed by atoms with Crippen LogP contribution in [0.25, 0.3) is 0 Å². The summed E-state index contributed by atoms with van der Waals surface area (Å²) in [5.41, 5.74) is 1.25. The van der Waals surface area contributed by atoms with Gasteiger partial charge in [0.1, 0.15) is 6.61 Å². The van der Waals surface area contributed by atoms with Crippen molar-refractivity contribution in [1.82, 2.24) is 0 Å². The van der Waals surface area contributed by atoms with Gasteiger partial charge in [0.15, 0.2) is 0 Å². The first kappa shape index (κ1) is 19.8. The van der Waals surface area contributed by atoms with Crippen molar-refractivity contribution in [3.05, 3.63) is 35.9 Å². The molecule has 0 unspecified atom stereocenters. The molecule has 3 nitrogen and oxygen atoms in total. The van der Waals surface area contributed by atoms with E-state index in [1.165, 1.54) is 6.42 Å². The van der Waals surface area contributed by atoms with Gasteiger partial charge in [0.2, 0.25) is 0 Å². The van der Waals surface area contributed by atoms with Crippen molar-refractivity contribution in [1.29, 1.82) is 0 Å². The normalized spacial score (nSPS) is 30.3. The highest BCUT2D eigenvalue weighted by Gasteiger charge is 2.63. The number of rotatable bonds is 8. The van der Waals surface area contributed by atoms with E-state index in [9.17, 15) is 9.90 Å². The third kappa shape index (κ3) is 3.55. The lowest BCUT2D eigenvalue weighted by Crippen LogP contribution is -2.41. The lowest BCUT2D eigenvalue weighted by molar-refractivity contribution is -0.149. The molecular weight excluding hydrogens is 344 g/mol. The molecule has 0 aromatic heterocycles. The Morgan fingerprint density at radius 2 is 2.08 bits per heavy atom. The van der Waals surface area contributed by atoms with Gasteiger partial charge in [-0.25, -0.2) is 0 Å². The topological polar surface area (TPSA) is 46.5 Å². The van der Waals surface area contributed by atoms with Crippen LogP contribution < -0.4 is 0 Å². The van der Waals surface area contributed by atoms with Crippen molar-refractivity contribution in [2.45, 2.75) is 59.2 Å². The predicted molar refractivity (Wildman–Crippen MR) is 107 cm³/mol. The minimum atomic E-state index is -0.186. The molecule has 2 bridgehead atoms. The lowest BCUT2D eigenvalue weighted by atomic mass is 9.70. The molecule has 2 aliphatic carbocycles. The molecule has 4 atom stereocenters. The zero-order valence-electron chi connectivity index (χ0n) is 16.2. The van der Waals surface area contributed by atoms with Crippen molar-refractivity contribution >= 4 is 17.7 Å². The number of thioether (sulfide) groups is 1. The van der Waals surface area contributed by atoms with Crippen LogP contribution in [0.15, 0.2) is 30.3 Å². The van der Waals surface area contributed by atoms with E-state index in [2.05, 4.69) is 13.8 Å². The van der Waals surface area contributed by atoms with E-state index in [0.29, 0.717) is 12.5 Å². The molecule has 2 aliphatic rings. The Bertz CT molecular complexity index is 615. The van der Waals surface area contributed by atoms with Crippen molar-refractivity contribution in [2.75, 3.05) is 11.5 Å². The second-order valence-corrected chi connectivity index (χ2v) is 9.61. The third-order valence-electron chi connectivity index (χ3n) is 7.12. The molecule has 0 radical (unpaired) electrons. The maximum atomic E-state index is 12.4. The smallest absolute Gasteiger partial charge is 0.310 e. The van der Waals surface area contributed by atoms with E-state index < -0.39 is 0 Å². The summed E-state index contributed by atoms with van der Waals surface area (Å²) in [6.07, 6.45) is 3.91. The number of benzene rings is 1. The standard InChI is InChI=1S/C22H32O3S/c1-4-17(20(24)25-13-16-8-6-5-7-9-16)14-26-15-22-11-10-18(12-19(22)23)21(22,2)3/h5-9,17-19,23H,4,10-15H2,1-3H3/t17-,18+,19+,22+/m0/s1. The number of carbonyl (C=O) groups is 1. The quantitative estimate of drug-likeness (QED) is 0.669. The van der Waals surface area contributed by atoms with E-state index in [1.807, 2.05) is 49.0 Å². The Balaban J connectivity index is 1.50. The van der Waals surface area contributed by atoms with Gasteiger partial charge in [-0.15, -0.1) is 0 Å². The summed E-state index contributed by atoms with van der Waals surface area (Å²) >= 11 is 1.83. The van der Waals surface area contributed by atoms with E-state index >= 15 is 0 Å². The van der Waals surface area contributed by atoms with E-state index in [-0.39, 0.29) is 28.8 Å². The van der Waals surface area contributed by atoms with Crippen LogP contribution in [0.3, 0.4) is 0 Å². The average molecular weight is 377 g/mol. The zero-order chi connectivity index (χ0) is 18.8. The van der Waals surface area contributed by atoms with Crippen LogP contribution in [0.4, 0.5) is 0 Å². The second kappa shape index (κ2) is 7.93. The number of hydrogen-bond donors (Lipinski definition) is 1. The van der Waals surface area contributed by atoms with Gasteiger partial charge in [-0.3, -0.25) is 4.79 Å². The summed E-state index contributed by atoms with van der Waals surface area (Å²) in [5.74, 6) is 2.20. The van der Waals surface area contributed by atoms with E-state index in [1.54, 1.807) is 0 Å². The van der Waals surface area contributed by atoms with Crippen molar-refractivity contribution in [3.8, 4) is 0 Å². The highest BCUT2D eigenvalue weighted by atomic mass is 32.2. The first-order valence-corrected chi connectivity index (χ1v) is 11.0. The Kier molecular flexibility index (Phi) is 6.03. The zero-order valence-corrected chi connectivity index (χ0v) is 17.1. The Hall–Kier alpha value is -1.00. The summed E-state index contributed by atoms with van der Waals surface area (Å²) in [6.45, 7) is 7.05. The molecule has 0 heterocycles. The fraction of sp³-hybridized carbons (Fsp3) is 0.682. The molecule has 1 aromatic rings. The van der Waals surface area contributed by atoms with Crippen molar-refractivity contribution in [2.24, 2.45) is 22.7 Å². The molecule has 26 heavy (non-hydrogen) atoms. The number of carbonyl (C=O) groups excluding carboxylic acids is 1. The Morgan fingerprint density at radius 1 is 1.35 bits per heavy atom. The van der Waals surface area contributed by atoms with Gasteiger partial charge in [0.05, 0.1) is 12.0 Å². The molecule has 144 valence electrons. The Labute approximate surface area is 161 Å². The van der Waals surface area contributed by atoms with Gasteiger partial charge >= 0.3 is 5.97 Å². The van der Waals surface area contributed by atoms with Gasteiger partial charge in [-0.2, -0.15) is 11.8 Å². The maximum Gasteiger partial charge on any atom is 0.310 e. The largest absolute Gasteiger partial charge is 0.461 e. The summed E-state index contributed by atoms with van der Waals surface area (Å²) in [5, 5.41) is 10.6. The highest BCUT2D eigenvalue weighted by Crippen LogP contribution is 2.66. The van der Waals surface area contributed by atoms with Gasteiger partial charge < -0.3 is 9.84 Å². The molecule has 4 heteroatoms. The molecule has 2 fully saturated rings. The van der Waals surface area contributed by atoms with Crippen LogP contribution in [0.2, 0.25) is 0 Å². The first-order chi connectivity index (χ1) is 12.4. The minimum absolute atomic E-state index is 0.0224. The Morgan fingerprint density at radius 3 is 2.65 bits per heavy atom. The van der Waals surface area contributed by atoms with Crippen LogP contribution in [-0.4, -0.2) is 28.7 Å². The number of aliphatic hydroxyl groups is 1. The molecule has 2 saturated carbocycles. The first-order valence-electron chi connectivity index (χ1n) is 9.87. The summed E-state index contributed by atoms with van der Waals surface area (Å²) < 4.78 is 5.52. The molecule has 0 aliphatic heterocycles. The van der Waals surface area contributed by atoms with Crippen LogP contribution in [0, 0.1) is 22.7 Å². The fourth-order valence-electron chi connectivity index (χ4n) is 4.96. The van der Waals surface area contributed by atoms with Crippen LogP contribution in [-0.2, 0) is 16.1 Å². The minimum Gasteiger partial charge on any atom is -0.461 e.